The average Bonchev–Trinajstić information content (AvgIpc) is 3.76. The minimum Gasteiger partial charge on any atom is -0.557 e. The zero-order valence-electron chi connectivity index (χ0n) is 31.2. The summed E-state index contributed by atoms with van der Waals surface area (Å²) in [5.41, 5.74) is 13.4. The number of hydrogen-bond acceptors (Lipinski definition) is 3. The Morgan fingerprint density at radius 1 is 0.698 bits per heavy atom. The number of pyridine rings is 1. The predicted octanol–water partition coefficient (Wildman–Crippen LogP) is 12.9. The van der Waals surface area contributed by atoms with Gasteiger partial charge in [-0.05, 0) is 82.5 Å². The topological polar surface area (TPSA) is 43.9 Å². The van der Waals surface area contributed by atoms with Gasteiger partial charge in [0.05, 0.1) is 16.9 Å². The average molecular weight is 872 g/mol. The van der Waals surface area contributed by atoms with E-state index in [2.05, 4.69) is 148 Å². The van der Waals surface area contributed by atoms with Gasteiger partial charge >= 0.3 is 0 Å². The van der Waals surface area contributed by atoms with Gasteiger partial charge < -0.3 is 14.0 Å². The van der Waals surface area contributed by atoms with Crippen LogP contribution in [0, 0.1) is 18.2 Å². The molecule has 4 nitrogen and oxygen atoms in total. The maximum absolute atomic E-state index is 6.00. The predicted molar refractivity (Wildman–Crippen MR) is 216 cm³/mol. The number of imidazole rings is 1. The summed E-state index contributed by atoms with van der Waals surface area (Å²) < 4.78 is 8.37. The third kappa shape index (κ3) is 8.12. The van der Waals surface area contributed by atoms with Crippen LogP contribution in [0.4, 0.5) is 0 Å². The van der Waals surface area contributed by atoms with Crippen LogP contribution >= 0.6 is 0 Å². The van der Waals surface area contributed by atoms with Crippen molar-refractivity contribution in [3.05, 3.63) is 163 Å². The van der Waals surface area contributed by atoms with E-state index in [0.717, 1.165) is 51.1 Å². The second-order valence-corrected chi connectivity index (χ2v) is 14.4. The van der Waals surface area contributed by atoms with Crippen molar-refractivity contribution in [3.63, 3.8) is 0 Å². The van der Waals surface area contributed by atoms with E-state index in [-0.39, 0.29) is 20.1 Å². The Morgan fingerprint density at radius 2 is 1.40 bits per heavy atom. The van der Waals surface area contributed by atoms with Crippen LogP contribution < -0.4 is 0 Å². The smallest absolute Gasteiger partial charge is 0.0774 e. The van der Waals surface area contributed by atoms with Crippen molar-refractivity contribution in [2.75, 3.05) is 0 Å². The molecule has 269 valence electrons. The number of furan rings is 1. The molecule has 0 saturated heterocycles. The summed E-state index contributed by atoms with van der Waals surface area (Å²) >= 11 is 0. The fraction of sp³-hybridized carbons (Fsp3) is 0.208. The van der Waals surface area contributed by atoms with Gasteiger partial charge in [0, 0.05) is 43.8 Å². The quantitative estimate of drug-likeness (QED) is 0.143. The van der Waals surface area contributed by atoms with Crippen LogP contribution in [0.15, 0.2) is 138 Å². The van der Waals surface area contributed by atoms with E-state index in [1.54, 1.807) is 6.20 Å². The zero-order chi connectivity index (χ0) is 36.2. The molecule has 8 aromatic rings. The number of hydrogen-bond donors (Lipinski definition) is 0. The molecular weight excluding hydrogens is 827 g/mol. The molecule has 0 bridgehead atoms. The molecule has 0 amide bonds. The van der Waals surface area contributed by atoms with E-state index in [4.69, 9.17) is 9.40 Å². The van der Waals surface area contributed by atoms with Crippen LogP contribution in [0.2, 0.25) is 0 Å². The maximum Gasteiger partial charge on any atom is 0.0774 e. The van der Waals surface area contributed by atoms with Crippen LogP contribution in [-0.4, -0.2) is 14.5 Å². The number of rotatable bonds is 8. The van der Waals surface area contributed by atoms with Gasteiger partial charge in [-0.15, -0.1) is 35.9 Å². The second-order valence-electron chi connectivity index (χ2n) is 14.4. The summed E-state index contributed by atoms with van der Waals surface area (Å²) in [6.45, 7) is 13.7. The Bertz CT molecular complexity index is 2340. The first-order valence-electron chi connectivity index (χ1n) is 18.3. The van der Waals surface area contributed by atoms with E-state index in [1.165, 1.54) is 33.5 Å². The van der Waals surface area contributed by atoms with Crippen LogP contribution in [0.1, 0.15) is 70.1 Å². The fourth-order valence-corrected chi connectivity index (χ4v) is 6.90. The molecule has 0 unspecified atom stereocenters. The van der Waals surface area contributed by atoms with Crippen molar-refractivity contribution in [3.8, 4) is 39.5 Å². The molecule has 5 heteroatoms. The Balaban J connectivity index is 0.000000313. The molecule has 1 radical (unpaired) electrons. The Labute approximate surface area is 327 Å². The van der Waals surface area contributed by atoms with Gasteiger partial charge in [0.1, 0.15) is 0 Å². The molecule has 3 heterocycles. The molecule has 53 heavy (non-hydrogen) atoms. The summed E-state index contributed by atoms with van der Waals surface area (Å²) in [5.74, 6) is 2.07. The van der Waals surface area contributed by atoms with E-state index < -0.39 is 0 Å². The monoisotopic (exact) mass is 872 g/mol. The Hall–Kier alpha value is -5.09. The van der Waals surface area contributed by atoms with Crippen LogP contribution in [0.5, 0.6) is 0 Å². The molecule has 0 atom stereocenters. The molecule has 5 aromatic carbocycles. The van der Waals surface area contributed by atoms with Crippen LogP contribution in [0.3, 0.4) is 0 Å². The minimum absolute atomic E-state index is 0. The molecule has 0 saturated carbocycles. The van der Waals surface area contributed by atoms with Gasteiger partial charge in [-0.3, -0.25) is 4.98 Å². The first-order chi connectivity index (χ1) is 25.3. The van der Waals surface area contributed by atoms with E-state index in [9.17, 15) is 0 Å². The Kier molecular flexibility index (Phi) is 11.9. The number of benzene rings is 5. The number of para-hydroxylation sites is 2. The molecule has 0 aliphatic heterocycles. The fourth-order valence-electron chi connectivity index (χ4n) is 6.90. The number of fused-ring (bicyclic) bond motifs is 2. The minimum atomic E-state index is 0. The summed E-state index contributed by atoms with van der Waals surface area (Å²) in [6.07, 6.45) is 6.07. The van der Waals surface area contributed by atoms with Gasteiger partial charge in [0.15, 0.2) is 0 Å². The van der Waals surface area contributed by atoms with E-state index >= 15 is 0 Å². The van der Waals surface area contributed by atoms with Gasteiger partial charge in [0.2, 0.25) is 0 Å². The maximum atomic E-state index is 6.00. The summed E-state index contributed by atoms with van der Waals surface area (Å²) in [6, 6.07) is 47.2. The van der Waals surface area contributed by atoms with Crippen LogP contribution in [-0.2, 0) is 26.5 Å². The zero-order valence-corrected chi connectivity index (χ0v) is 33.6. The third-order valence-corrected chi connectivity index (χ3v) is 9.40. The summed E-state index contributed by atoms with van der Waals surface area (Å²) in [4.78, 5) is 9.44. The molecule has 0 N–H and O–H groups in total. The first-order valence-corrected chi connectivity index (χ1v) is 18.3. The molecule has 8 rings (SSSR count). The number of nitrogens with zero attached hydrogens (tertiary/aromatic N) is 3. The van der Waals surface area contributed by atoms with Gasteiger partial charge in [-0.1, -0.05) is 131 Å². The first kappa shape index (κ1) is 37.7. The molecule has 0 aliphatic rings. The van der Waals surface area contributed by atoms with Crippen molar-refractivity contribution in [1.29, 1.82) is 0 Å². The van der Waals surface area contributed by atoms with E-state index in [0.29, 0.717) is 17.8 Å². The van der Waals surface area contributed by atoms with Crippen molar-refractivity contribution >= 4 is 22.0 Å². The van der Waals surface area contributed by atoms with Crippen molar-refractivity contribution in [2.45, 2.75) is 59.8 Å². The molecule has 0 fully saturated rings. The molecule has 3 aromatic heterocycles. The van der Waals surface area contributed by atoms with Crippen molar-refractivity contribution in [1.82, 2.24) is 14.5 Å². The molecule has 0 aliphatic carbocycles. The summed E-state index contributed by atoms with van der Waals surface area (Å²) in [5, 5.41) is 1.06. The molecule has 0 spiro atoms. The van der Waals surface area contributed by atoms with Gasteiger partial charge in [-0.2, -0.15) is 0 Å². The SMILES string of the molecule is CC(C)Cc1ccc2o[c-]c(-c3nc4ccccc4n3-c3c(C(C)C)cc(-c4ccccc4)cc3C(C)C)c2c1.[Ir].[c-]1ccccc1-c1ccccn1. The third-order valence-electron chi connectivity index (χ3n) is 9.40. The normalized spacial score (nSPS) is 11.3. The largest absolute Gasteiger partial charge is 0.557 e. The van der Waals surface area contributed by atoms with E-state index in [1.807, 2.05) is 42.5 Å². The summed E-state index contributed by atoms with van der Waals surface area (Å²) in [7, 11) is 0. The van der Waals surface area contributed by atoms with Gasteiger partial charge in [0.25, 0.3) is 0 Å². The standard InChI is InChI=1S/C37H37N2O.C11H8N.Ir/c1-23(2)18-26-16-17-35-31(19-26)32(22-40-35)37-38-33-14-10-11-15-34(33)39(37)36-29(24(3)4)20-28(21-30(36)25(5)6)27-12-8-7-9-13-27;1-2-6-10(7-3-1)11-8-4-5-9-12-11;/h7-17,19-21,23-25H,18H2,1-6H3;1-6,8-9H;/q2*-1;. The second kappa shape index (κ2) is 16.7. The Morgan fingerprint density at radius 3 is 2.06 bits per heavy atom. The number of aromatic nitrogens is 3. The molecular formula is C48H45IrN3O-2. The van der Waals surface area contributed by atoms with Crippen molar-refractivity contribution in [2.24, 2.45) is 5.92 Å². The van der Waals surface area contributed by atoms with Crippen LogP contribution in [0.25, 0.3) is 61.5 Å². The van der Waals surface area contributed by atoms with Crippen molar-refractivity contribution < 1.29 is 24.5 Å². The van der Waals surface area contributed by atoms with Gasteiger partial charge in [-0.25, -0.2) is 0 Å².